The number of benzene rings is 1. The smallest absolute Gasteiger partial charge is 0.308 e. The highest BCUT2D eigenvalue weighted by Crippen LogP contribution is 2.25. The lowest BCUT2D eigenvalue weighted by atomic mass is 10.1. The summed E-state index contributed by atoms with van der Waals surface area (Å²) in [5, 5.41) is 17.9. The summed E-state index contributed by atoms with van der Waals surface area (Å²) in [6, 6.07) is 7.35. The highest BCUT2D eigenvalue weighted by molar-refractivity contribution is 7.10. The number of ether oxygens (including phenoxy) is 1. The summed E-state index contributed by atoms with van der Waals surface area (Å²) in [5.41, 5.74) is 0.449. The van der Waals surface area contributed by atoms with Crippen molar-refractivity contribution in [1.29, 1.82) is 0 Å². The van der Waals surface area contributed by atoms with Crippen molar-refractivity contribution in [3.05, 3.63) is 56.3 Å². The molecule has 0 saturated heterocycles. The summed E-state index contributed by atoms with van der Waals surface area (Å²) in [6.45, 7) is 2.32. The standard InChI is InChI=1S/C18H19N3O6S/c1-11-13(5-3-6-15(11)21(25)26)20-17(23)10-27-18(24)9-14(19-12(2)22)16-7-4-8-28-16/h3-8,14H,9-10H2,1-2H3,(H,19,22)(H,20,23). The Kier molecular flexibility index (Phi) is 7.21. The van der Waals surface area contributed by atoms with E-state index in [9.17, 15) is 24.5 Å². The molecule has 1 heterocycles. The van der Waals surface area contributed by atoms with Crippen molar-refractivity contribution in [3.63, 3.8) is 0 Å². The van der Waals surface area contributed by atoms with Crippen LogP contribution < -0.4 is 10.6 Å². The van der Waals surface area contributed by atoms with Gasteiger partial charge in [0.1, 0.15) is 0 Å². The van der Waals surface area contributed by atoms with Gasteiger partial charge in [0.15, 0.2) is 6.61 Å². The van der Waals surface area contributed by atoms with Crippen LogP contribution >= 0.6 is 11.3 Å². The number of nitrogens with one attached hydrogen (secondary N) is 2. The Bertz CT molecular complexity index is 881. The number of nitro groups is 1. The molecule has 0 aliphatic rings. The molecule has 9 nitrogen and oxygen atoms in total. The van der Waals surface area contributed by atoms with Crippen molar-refractivity contribution in [1.82, 2.24) is 5.32 Å². The van der Waals surface area contributed by atoms with Gasteiger partial charge in [-0.05, 0) is 24.4 Å². The van der Waals surface area contributed by atoms with Crippen molar-refractivity contribution in [2.45, 2.75) is 26.3 Å². The van der Waals surface area contributed by atoms with Gasteiger partial charge in [0, 0.05) is 17.9 Å². The number of amides is 2. The minimum absolute atomic E-state index is 0.121. The van der Waals surface area contributed by atoms with E-state index in [1.807, 2.05) is 5.38 Å². The first-order chi connectivity index (χ1) is 13.3. The summed E-state index contributed by atoms with van der Waals surface area (Å²) in [4.78, 5) is 46.6. The number of carbonyl (C=O) groups is 3. The van der Waals surface area contributed by atoms with E-state index in [-0.39, 0.29) is 23.7 Å². The molecule has 0 aliphatic carbocycles. The molecular weight excluding hydrogens is 386 g/mol. The molecule has 28 heavy (non-hydrogen) atoms. The third-order valence-electron chi connectivity index (χ3n) is 3.78. The number of rotatable bonds is 8. The molecule has 1 aromatic heterocycles. The maximum atomic E-state index is 12.1. The zero-order valence-corrected chi connectivity index (χ0v) is 16.1. The van der Waals surface area contributed by atoms with Crippen molar-refractivity contribution >= 4 is 40.5 Å². The Morgan fingerprint density at radius 1 is 1.25 bits per heavy atom. The fourth-order valence-corrected chi connectivity index (χ4v) is 3.25. The van der Waals surface area contributed by atoms with Crippen LogP contribution in [0.2, 0.25) is 0 Å². The molecule has 2 rings (SSSR count). The van der Waals surface area contributed by atoms with Gasteiger partial charge in [-0.25, -0.2) is 0 Å². The molecule has 148 valence electrons. The van der Waals surface area contributed by atoms with Gasteiger partial charge >= 0.3 is 5.97 Å². The van der Waals surface area contributed by atoms with Gasteiger partial charge in [-0.15, -0.1) is 11.3 Å². The SMILES string of the molecule is CC(=O)NC(CC(=O)OCC(=O)Nc1cccc([N+](=O)[O-])c1C)c1cccs1. The minimum Gasteiger partial charge on any atom is -0.455 e. The van der Waals surface area contributed by atoms with Crippen LogP contribution in [0.15, 0.2) is 35.7 Å². The normalized spacial score (nSPS) is 11.4. The topological polar surface area (TPSA) is 128 Å². The van der Waals surface area contributed by atoms with Crippen molar-refractivity contribution in [2.24, 2.45) is 0 Å². The van der Waals surface area contributed by atoms with Crippen LogP contribution in [0.25, 0.3) is 0 Å². The van der Waals surface area contributed by atoms with E-state index in [1.165, 1.54) is 43.4 Å². The summed E-state index contributed by atoms with van der Waals surface area (Å²) in [6.07, 6.45) is -0.122. The van der Waals surface area contributed by atoms with Gasteiger partial charge in [0.25, 0.3) is 11.6 Å². The van der Waals surface area contributed by atoms with Crippen LogP contribution in [0, 0.1) is 17.0 Å². The number of esters is 1. The molecule has 2 aromatic rings. The van der Waals surface area contributed by atoms with Crippen LogP contribution in [0.3, 0.4) is 0 Å². The average molecular weight is 405 g/mol. The summed E-state index contributed by atoms with van der Waals surface area (Å²) < 4.78 is 4.97. The number of hydrogen-bond acceptors (Lipinski definition) is 7. The predicted molar refractivity (Wildman–Crippen MR) is 103 cm³/mol. The molecule has 0 fully saturated rings. The first-order valence-corrected chi connectivity index (χ1v) is 9.16. The molecule has 1 aromatic carbocycles. The fourth-order valence-electron chi connectivity index (χ4n) is 2.47. The number of nitro benzene ring substituents is 1. The van der Waals surface area contributed by atoms with E-state index >= 15 is 0 Å². The van der Waals surface area contributed by atoms with Crippen molar-refractivity contribution in [2.75, 3.05) is 11.9 Å². The van der Waals surface area contributed by atoms with Crippen LogP contribution in [-0.2, 0) is 19.1 Å². The monoisotopic (exact) mass is 405 g/mol. The average Bonchev–Trinajstić information content (AvgIpc) is 3.15. The van der Waals surface area contributed by atoms with Crippen LogP contribution in [0.4, 0.5) is 11.4 Å². The molecule has 1 unspecified atom stereocenters. The second-order valence-corrected chi connectivity index (χ2v) is 6.87. The molecule has 0 saturated carbocycles. The van der Waals surface area contributed by atoms with E-state index in [1.54, 1.807) is 12.1 Å². The maximum Gasteiger partial charge on any atom is 0.308 e. The van der Waals surface area contributed by atoms with Gasteiger partial charge in [0.2, 0.25) is 5.91 Å². The molecule has 1 atom stereocenters. The molecule has 2 amide bonds. The first-order valence-electron chi connectivity index (χ1n) is 8.28. The van der Waals surface area contributed by atoms with E-state index in [0.717, 1.165) is 4.88 Å². The number of carbonyl (C=O) groups excluding carboxylic acids is 3. The zero-order chi connectivity index (χ0) is 20.7. The third kappa shape index (κ3) is 5.88. The number of anilines is 1. The summed E-state index contributed by atoms with van der Waals surface area (Å²) >= 11 is 1.39. The third-order valence-corrected chi connectivity index (χ3v) is 4.76. The Morgan fingerprint density at radius 2 is 2.00 bits per heavy atom. The molecule has 2 N–H and O–H groups in total. The lowest BCUT2D eigenvalue weighted by Crippen LogP contribution is -2.29. The second-order valence-electron chi connectivity index (χ2n) is 5.89. The van der Waals surface area contributed by atoms with Crippen LogP contribution in [0.5, 0.6) is 0 Å². The zero-order valence-electron chi connectivity index (χ0n) is 15.3. The van der Waals surface area contributed by atoms with E-state index < -0.39 is 29.4 Å². The van der Waals surface area contributed by atoms with Gasteiger partial charge in [-0.1, -0.05) is 12.1 Å². The van der Waals surface area contributed by atoms with Crippen molar-refractivity contribution in [3.8, 4) is 0 Å². The van der Waals surface area contributed by atoms with Gasteiger partial charge in [-0.3, -0.25) is 24.5 Å². The van der Waals surface area contributed by atoms with E-state index in [2.05, 4.69) is 10.6 Å². The molecule has 0 radical (unpaired) electrons. The summed E-state index contributed by atoms with van der Waals surface area (Å²) in [7, 11) is 0. The van der Waals surface area contributed by atoms with Crippen LogP contribution in [0.1, 0.15) is 29.8 Å². The lowest BCUT2D eigenvalue weighted by Gasteiger charge is -2.15. The quantitative estimate of drug-likeness (QED) is 0.395. The predicted octanol–water partition coefficient (Wildman–Crippen LogP) is 2.71. The number of hydrogen-bond donors (Lipinski definition) is 2. The molecule has 10 heteroatoms. The van der Waals surface area contributed by atoms with E-state index in [0.29, 0.717) is 5.56 Å². The number of nitrogens with zero attached hydrogens (tertiary/aromatic N) is 1. The largest absolute Gasteiger partial charge is 0.455 e. The Morgan fingerprint density at radius 3 is 2.61 bits per heavy atom. The van der Waals surface area contributed by atoms with Gasteiger partial charge in [0.05, 0.1) is 28.6 Å². The Hall–Kier alpha value is -3.27. The first kappa shape index (κ1) is 21.0. The minimum atomic E-state index is -0.655. The Balaban J connectivity index is 1.91. The molecule has 0 spiro atoms. The Labute approximate surface area is 164 Å². The highest BCUT2D eigenvalue weighted by atomic mass is 32.1. The lowest BCUT2D eigenvalue weighted by molar-refractivity contribution is -0.385. The molecule has 0 aliphatic heterocycles. The molecule has 0 bridgehead atoms. The maximum absolute atomic E-state index is 12.1. The van der Waals surface area contributed by atoms with Gasteiger partial charge < -0.3 is 15.4 Å². The van der Waals surface area contributed by atoms with E-state index in [4.69, 9.17) is 4.74 Å². The fraction of sp³-hybridized carbons (Fsp3) is 0.278. The molecular formula is C18H19N3O6S. The summed E-state index contributed by atoms with van der Waals surface area (Å²) in [5.74, 6) is -1.56. The van der Waals surface area contributed by atoms with Gasteiger partial charge in [-0.2, -0.15) is 0 Å². The van der Waals surface area contributed by atoms with Crippen molar-refractivity contribution < 1.29 is 24.0 Å². The highest BCUT2D eigenvalue weighted by Gasteiger charge is 2.20. The van der Waals surface area contributed by atoms with Crippen LogP contribution in [-0.4, -0.2) is 29.3 Å². The second kappa shape index (κ2) is 9.60. The number of thiophene rings is 1.